The Bertz CT molecular complexity index is 169. The number of carbonyl (C=O) groups excluding carboxylic acids is 1. The fourth-order valence-corrected chi connectivity index (χ4v) is 0.883. The zero-order valence-corrected chi connectivity index (χ0v) is 8.63. The molecule has 13 heavy (non-hydrogen) atoms. The number of rotatable bonds is 7. The number of hydrogen-bond donors (Lipinski definition) is 0. The Morgan fingerprint density at radius 1 is 1.31 bits per heavy atom. The van der Waals surface area contributed by atoms with E-state index < -0.39 is 0 Å². The summed E-state index contributed by atoms with van der Waals surface area (Å²) in [5, 5.41) is 0. The molecular formula is C10H18O3. The predicted octanol–water partition coefficient (Wildman–Crippen LogP) is 1.92. The van der Waals surface area contributed by atoms with Crippen molar-refractivity contribution >= 4 is 5.78 Å². The summed E-state index contributed by atoms with van der Waals surface area (Å²) in [6.07, 6.45) is 0.128. The molecule has 76 valence electrons. The third-order valence-corrected chi connectivity index (χ3v) is 1.62. The van der Waals surface area contributed by atoms with Crippen LogP contribution >= 0.6 is 0 Å². The molecule has 0 heterocycles. The molecule has 0 aliphatic heterocycles. The normalized spacial score (nSPS) is 10.5. The zero-order chi connectivity index (χ0) is 10.3. The molecule has 0 aliphatic rings. The first-order valence-corrected chi connectivity index (χ1v) is 4.53. The molecule has 3 nitrogen and oxygen atoms in total. The Kier molecular flexibility index (Phi) is 6.45. The highest BCUT2D eigenvalue weighted by molar-refractivity contribution is 5.92. The molecule has 0 bridgehead atoms. The lowest BCUT2D eigenvalue weighted by atomic mass is 10.1. The van der Waals surface area contributed by atoms with E-state index in [0.717, 1.165) is 0 Å². The molecule has 0 aromatic heterocycles. The summed E-state index contributed by atoms with van der Waals surface area (Å²) in [5.74, 6) is -0.00981. The summed E-state index contributed by atoms with van der Waals surface area (Å²) < 4.78 is 10.5. The van der Waals surface area contributed by atoms with Crippen molar-refractivity contribution in [3.8, 4) is 0 Å². The highest BCUT2D eigenvalue weighted by Crippen LogP contribution is 2.09. The van der Waals surface area contributed by atoms with Gasteiger partial charge in [-0.1, -0.05) is 6.58 Å². The summed E-state index contributed by atoms with van der Waals surface area (Å²) in [4.78, 5) is 10.9. The Morgan fingerprint density at radius 3 is 2.08 bits per heavy atom. The lowest BCUT2D eigenvalue weighted by Crippen LogP contribution is -2.19. The molecule has 0 fully saturated rings. The van der Waals surface area contributed by atoms with Crippen LogP contribution in [0, 0.1) is 0 Å². The lowest BCUT2D eigenvalue weighted by Gasteiger charge is -2.16. The van der Waals surface area contributed by atoms with Crippen molar-refractivity contribution in [1.29, 1.82) is 0 Å². The lowest BCUT2D eigenvalue weighted by molar-refractivity contribution is -0.137. The number of Topliss-reactive ketones (excluding diaryl/α,β-unsaturated/α-hetero) is 1. The van der Waals surface area contributed by atoms with Crippen molar-refractivity contribution in [1.82, 2.24) is 0 Å². The maximum Gasteiger partial charge on any atom is 0.161 e. The maximum absolute atomic E-state index is 10.9. The van der Waals surface area contributed by atoms with E-state index >= 15 is 0 Å². The second-order valence-electron chi connectivity index (χ2n) is 2.70. The molecule has 0 aliphatic carbocycles. The van der Waals surface area contributed by atoms with E-state index in [2.05, 4.69) is 6.58 Å². The SMILES string of the molecule is C=C(CC(OCC)OCC)C(C)=O. The van der Waals surface area contributed by atoms with Crippen LogP contribution in [0.4, 0.5) is 0 Å². The predicted molar refractivity (Wildman–Crippen MR) is 51.5 cm³/mol. The standard InChI is InChI=1S/C10H18O3/c1-5-12-10(13-6-2)7-8(3)9(4)11/h10H,3,5-7H2,1-2,4H3. The van der Waals surface area contributed by atoms with Gasteiger partial charge in [0.25, 0.3) is 0 Å². The van der Waals surface area contributed by atoms with Crippen molar-refractivity contribution in [3.05, 3.63) is 12.2 Å². The molecule has 3 heteroatoms. The molecule has 0 N–H and O–H groups in total. The molecule has 0 saturated heterocycles. The van der Waals surface area contributed by atoms with Gasteiger partial charge < -0.3 is 9.47 Å². The van der Waals surface area contributed by atoms with E-state index in [1.807, 2.05) is 13.8 Å². The van der Waals surface area contributed by atoms with Crippen LogP contribution in [0.2, 0.25) is 0 Å². The van der Waals surface area contributed by atoms with E-state index in [1.54, 1.807) is 0 Å². The topological polar surface area (TPSA) is 35.5 Å². The molecule has 0 amide bonds. The second-order valence-corrected chi connectivity index (χ2v) is 2.70. The number of hydrogen-bond acceptors (Lipinski definition) is 3. The minimum absolute atomic E-state index is 0.00981. The van der Waals surface area contributed by atoms with E-state index in [-0.39, 0.29) is 12.1 Å². The van der Waals surface area contributed by atoms with Gasteiger partial charge in [0.2, 0.25) is 0 Å². The molecule has 0 spiro atoms. The van der Waals surface area contributed by atoms with Crippen molar-refractivity contribution in [2.24, 2.45) is 0 Å². The Labute approximate surface area is 79.7 Å². The smallest absolute Gasteiger partial charge is 0.161 e. The van der Waals surface area contributed by atoms with Crippen LogP contribution in [0.1, 0.15) is 27.2 Å². The Hall–Kier alpha value is -0.670. The van der Waals surface area contributed by atoms with Crippen LogP contribution in [0.15, 0.2) is 12.2 Å². The second kappa shape index (κ2) is 6.80. The molecule has 0 unspecified atom stereocenters. The molecule has 0 saturated carbocycles. The average Bonchev–Trinajstić information content (AvgIpc) is 2.05. The van der Waals surface area contributed by atoms with Crippen LogP contribution < -0.4 is 0 Å². The molecule has 0 aromatic rings. The molecule has 0 atom stereocenters. The first-order valence-electron chi connectivity index (χ1n) is 4.53. The van der Waals surface area contributed by atoms with Crippen molar-refractivity contribution < 1.29 is 14.3 Å². The highest BCUT2D eigenvalue weighted by Gasteiger charge is 2.11. The van der Waals surface area contributed by atoms with Gasteiger partial charge in [-0.2, -0.15) is 0 Å². The Morgan fingerprint density at radius 2 is 1.77 bits per heavy atom. The van der Waals surface area contributed by atoms with Gasteiger partial charge in [0.1, 0.15) is 0 Å². The molecule has 0 radical (unpaired) electrons. The minimum Gasteiger partial charge on any atom is -0.353 e. The number of ether oxygens (including phenoxy) is 2. The van der Waals surface area contributed by atoms with Crippen LogP contribution in [-0.2, 0) is 14.3 Å². The van der Waals surface area contributed by atoms with Crippen LogP contribution in [0.25, 0.3) is 0 Å². The number of carbonyl (C=O) groups is 1. The first-order chi connectivity index (χ1) is 6.11. The van der Waals surface area contributed by atoms with Crippen molar-refractivity contribution in [2.75, 3.05) is 13.2 Å². The fourth-order valence-electron chi connectivity index (χ4n) is 0.883. The van der Waals surface area contributed by atoms with Gasteiger partial charge in [0.05, 0.1) is 0 Å². The number of ketones is 1. The summed E-state index contributed by atoms with van der Waals surface area (Å²) in [5.41, 5.74) is 0.548. The van der Waals surface area contributed by atoms with Gasteiger partial charge in [0.15, 0.2) is 12.1 Å². The van der Waals surface area contributed by atoms with Gasteiger partial charge in [-0.15, -0.1) is 0 Å². The van der Waals surface area contributed by atoms with E-state index in [0.29, 0.717) is 25.2 Å². The molecule has 0 aromatic carbocycles. The van der Waals surface area contributed by atoms with E-state index in [9.17, 15) is 4.79 Å². The fraction of sp³-hybridized carbons (Fsp3) is 0.700. The highest BCUT2D eigenvalue weighted by atomic mass is 16.7. The van der Waals surface area contributed by atoms with E-state index in [4.69, 9.17) is 9.47 Å². The summed E-state index contributed by atoms with van der Waals surface area (Å²) in [6, 6.07) is 0. The van der Waals surface area contributed by atoms with Crippen LogP contribution in [-0.4, -0.2) is 25.3 Å². The van der Waals surface area contributed by atoms with E-state index in [1.165, 1.54) is 6.92 Å². The zero-order valence-electron chi connectivity index (χ0n) is 8.63. The van der Waals surface area contributed by atoms with Gasteiger partial charge in [0, 0.05) is 19.6 Å². The quantitative estimate of drug-likeness (QED) is 0.450. The van der Waals surface area contributed by atoms with Gasteiger partial charge in [-0.05, 0) is 26.3 Å². The summed E-state index contributed by atoms with van der Waals surface area (Å²) in [6.45, 7) is 10.1. The van der Waals surface area contributed by atoms with Gasteiger partial charge in [-0.3, -0.25) is 4.79 Å². The molecule has 0 rings (SSSR count). The van der Waals surface area contributed by atoms with Crippen LogP contribution in [0.5, 0.6) is 0 Å². The van der Waals surface area contributed by atoms with Crippen LogP contribution in [0.3, 0.4) is 0 Å². The summed E-state index contributed by atoms with van der Waals surface area (Å²) >= 11 is 0. The first kappa shape index (κ1) is 12.3. The largest absolute Gasteiger partial charge is 0.353 e. The summed E-state index contributed by atoms with van der Waals surface area (Å²) in [7, 11) is 0. The Balaban J connectivity index is 3.93. The minimum atomic E-state index is -0.327. The monoisotopic (exact) mass is 186 g/mol. The maximum atomic E-state index is 10.9. The average molecular weight is 186 g/mol. The van der Waals surface area contributed by atoms with Gasteiger partial charge in [-0.25, -0.2) is 0 Å². The van der Waals surface area contributed by atoms with Crippen molar-refractivity contribution in [2.45, 2.75) is 33.5 Å². The third kappa shape index (κ3) is 5.55. The van der Waals surface area contributed by atoms with Gasteiger partial charge >= 0.3 is 0 Å². The van der Waals surface area contributed by atoms with Crippen molar-refractivity contribution in [3.63, 3.8) is 0 Å². The molecular weight excluding hydrogens is 168 g/mol. The third-order valence-electron chi connectivity index (χ3n) is 1.62.